The van der Waals surface area contributed by atoms with Gasteiger partial charge in [0.2, 0.25) is 0 Å². The van der Waals surface area contributed by atoms with Gasteiger partial charge >= 0.3 is 6.03 Å². The quantitative estimate of drug-likeness (QED) is 0.754. The van der Waals surface area contributed by atoms with Crippen molar-refractivity contribution in [2.24, 2.45) is 11.5 Å². The first kappa shape index (κ1) is 11.5. The molecule has 0 aromatic heterocycles. The Labute approximate surface area is 93.9 Å². The summed E-state index contributed by atoms with van der Waals surface area (Å²) in [6.45, 7) is 0.411. The smallest absolute Gasteiger partial charge is 0.319 e. The van der Waals surface area contributed by atoms with Crippen molar-refractivity contribution in [1.29, 1.82) is 0 Å². The monoisotopic (exact) mass is 223 g/mol. The summed E-state index contributed by atoms with van der Waals surface area (Å²) >= 11 is 4.75. The molecule has 0 spiro atoms. The summed E-state index contributed by atoms with van der Waals surface area (Å²) < 4.78 is 0. The van der Waals surface area contributed by atoms with Crippen molar-refractivity contribution in [3.05, 3.63) is 30.3 Å². The zero-order chi connectivity index (χ0) is 11.3. The van der Waals surface area contributed by atoms with E-state index in [0.717, 1.165) is 5.69 Å². The van der Waals surface area contributed by atoms with Crippen molar-refractivity contribution in [3.63, 3.8) is 0 Å². The molecule has 2 amide bonds. The highest BCUT2D eigenvalue weighted by Crippen LogP contribution is 2.12. The van der Waals surface area contributed by atoms with E-state index in [-0.39, 0.29) is 0 Å². The van der Waals surface area contributed by atoms with Crippen molar-refractivity contribution in [3.8, 4) is 0 Å². The van der Waals surface area contributed by atoms with Gasteiger partial charge in [0.1, 0.15) is 0 Å². The Morgan fingerprint density at radius 3 is 2.33 bits per heavy atom. The average molecular weight is 223 g/mol. The van der Waals surface area contributed by atoms with E-state index >= 15 is 0 Å². The molecule has 15 heavy (non-hydrogen) atoms. The number of nitrogens with two attached hydrogens (primary N) is 2. The van der Waals surface area contributed by atoms with Crippen LogP contribution in [0, 0.1) is 0 Å². The Balaban J connectivity index is 2.75. The molecule has 0 unspecified atom stereocenters. The third kappa shape index (κ3) is 3.55. The lowest BCUT2D eigenvalue weighted by Gasteiger charge is -2.19. The summed E-state index contributed by atoms with van der Waals surface area (Å²) in [6, 6.07) is 8.67. The maximum Gasteiger partial charge on any atom is 0.319 e. The minimum atomic E-state index is -0.502. The molecule has 0 heterocycles. The number of urea groups is 1. The highest BCUT2D eigenvalue weighted by Gasteiger charge is 2.11. The third-order valence-corrected chi connectivity index (χ3v) is 2.12. The lowest BCUT2D eigenvalue weighted by atomic mass is 10.3. The van der Waals surface area contributed by atoms with Gasteiger partial charge in [-0.25, -0.2) is 4.79 Å². The Bertz CT molecular complexity index is 353. The van der Waals surface area contributed by atoms with E-state index in [4.69, 9.17) is 23.7 Å². The first-order valence-corrected chi connectivity index (χ1v) is 4.92. The van der Waals surface area contributed by atoms with Crippen LogP contribution in [0.2, 0.25) is 0 Å². The lowest BCUT2D eigenvalue weighted by molar-refractivity contribution is 0.254. The van der Waals surface area contributed by atoms with E-state index in [1.54, 1.807) is 0 Å². The zero-order valence-electron chi connectivity index (χ0n) is 8.22. The molecule has 4 nitrogen and oxygen atoms in total. The maximum absolute atomic E-state index is 11.2. The molecule has 0 bridgehead atoms. The fourth-order valence-corrected chi connectivity index (χ4v) is 1.29. The zero-order valence-corrected chi connectivity index (χ0v) is 9.04. The van der Waals surface area contributed by atoms with Crippen molar-refractivity contribution >= 4 is 28.9 Å². The molecular weight excluding hydrogens is 210 g/mol. The molecule has 0 aliphatic heterocycles. The average Bonchev–Trinajstić information content (AvgIpc) is 2.18. The second-order valence-electron chi connectivity index (χ2n) is 3.04. The Kier molecular flexibility index (Phi) is 4.05. The van der Waals surface area contributed by atoms with Crippen LogP contribution in [0.15, 0.2) is 30.3 Å². The van der Waals surface area contributed by atoms with Gasteiger partial charge in [-0.3, -0.25) is 4.90 Å². The summed E-state index contributed by atoms with van der Waals surface area (Å²) in [5.74, 6) is 0. The topological polar surface area (TPSA) is 72.4 Å². The van der Waals surface area contributed by atoms with Gasteiger partial charge in [0.25, 0.3) is 0 Å². The molecule has 80 valence electrons. The van der Waals surface area contributed by atoms with Gasteiger partial charge in [0.05, 0.1) is 4.99 Å². The Hall–Kier alpha value is -1.62. The normalized spacial score (nSPS) is 9.60. The lowest BCUT2D eigenvalue weighted by Crippen LogP contribution is -2.37. The number of primary amides is 1. The Morgan fingerprint density at radius 1 is 1.27 bits per heavy atom. The van der Waals surface area contributed by atoms with Crippen LogP contribution < -0.4 is 16.4 Å². The van der Waals surface area contributed by atoms with E-state index in [1.807, 2.05) is 30.3 Å². The molecule has 4 N–H and O–H groups in total. The molecule has 0 saturated heterocycles. The number of amides is 2. The van der Waals surface area contributed by atoms with Gasteiger partial charge < -0.3 is 11.5 Å². The fourth-order valence-electron chi connectivity index (χ4n) is 1.20. The number of anilines is 1. The summed E-state index contributed by atoms with van der Waals surface area (Å²) in [5.41, 5.74) is 11.4. The van der Waals surface area contributed by atoms with Gasteiger partial charge in [0.15, 0.2) is 0 Å². The second-order valence-corrected chi connectivity index (χ2v) is 3.57. The number of carbonyl (C=O) groups excluding carboxylic acids is 1. The van der Waals surface area contributed by atoms with Gasteiger partial charge in [-0.05, 0) is 12.1 Å². The van der Waals surface area contributed by atoms with Crippen LogP contribution in [0.4, 0.5) is 10.5 Å². The van der Waals surface area contributed by atoms with Crippen LogP contribution in [0.3, 0.4) is 0 Å². The number of para-hydroxylation sites is 1. The first-order chi connectivity index (χ1) is 7.11. The largest absolute Gasteiger partial charge is 0.393 e. The summed E-state index contributed by atoms with van der Waals surface area (Å²) in [6.07, 6.45) is 0.465. The third-order valence-electron chi connectivity index (χ3n) is 1.92. The summed E-state index contributed by atoms with van der Waals surface area (Å²) in [5, 5.41) is 0. The molecule has 0 atom stereocenters. The summed E-state index contributed by atoms with van der Waals surface area (Å²) in [4.78, 5) is 13.0. The SMILES string of the molecule is NC(=O)N(CCC(N)=S)c1ccccc1. The van der Waals surface area contributed by atoms with E-state index in [9.17, 15) is 4.79 Å². The minimum absolute atomic E-state index is 0.372. The van der Waals surface area contributed by atoms with Gasteiger partial charge in [0, 0.05) is 18.7 Å². The number of hydrogen-bond donors (Lipinski definition) is 2. The minimum Gasteiger partial charge on any atom is -0.393 e. The maximum atomic E-state index is 11.2. The molecule has 0 aliphatic carbocycles. The number of carbonyl (C=O) groups is 1. The Morgan fingerprint density at radius 2 is 1.87 bits per heavy atom. The van der Waals surface area contributed by atoms with E-state index in [2.05, 4.69) is 0 Å². The number of nitrogens with zero attached hydrogens (tertiary/aromatic N) is 1. The van der Waals surface area contributed by atoms with Crippen molar-refractivity contribution in [2.75, 3.05) is 11.4 Å². The molecule has 1 rings (SSSR count). The van der Waals surface area contributed by atoms with Crippen LogP contribution in [0.25, 0.3) is 0 Å². The van der Waals surface area contributed by atoms with Crippen LogP contribution in [-0.2, 0) is 0 Å². The standard InChI is InChI=1S/C10H13N3OS/c11-9(15)6-7-13(10(12)14)8-4-2-1-3-5-8/h1-5H,6-7H2,(H2,11,15)(H2,12,14). The van der Waals surface area contributed by atoms with Crippen LogP contribution in [0.1, 0.15) is 6.42 Å². The highest BCUT2D eigenvalue weighted by atomic mass is 32.1. The number of hydrogen-bond acceptors (Lipinski definition) is 2. The number of benzene rings is 1. The first-order valence-electron chi connectivity index (χ1n) is 4.51. The summed E-state index contributed by atoms with van der Waals surface area (Å²) in [7, 11) is 0. The molecule has 0 aliphatic rings. The molecule has 0 fully saturated rings. The fraction of sp³-hybridized carbons (Fsp3) is 0.200. The van der Waals surface area contributed by atoms with E-state index < -0.39 is 6.03 Å². The van der Waals surface area contributed by atoms with Gasteiger partial charge in [-0.15, -0.1) is 0 Å². The molecule has 1 aromatic rings. The van der Waals surface area contributed by atoms with Gasteiger partial charge in [-0.2, -0.15) is 0 Å². The molecule has 1 aromatic carbocycles. The van der Waals surface area contributed by atoms with Crippen LogP contribution in [-0.4, -0.2) is 17.6 Å². The predicted molar refractivity (Wildman–Crippen MR) is 64.8 cm³/mol. The molecule has 5 heteroatoms. The molecular formula is C10H13N3OS. The van der Waals surface area contributed by atoms with Gasteiger partial charge in [-0.1, -0.05) is 30.4 Å². The van der Waals surface area contributed by atoms with Crippen molar-refractivity contribution < 1.29 is 4.79 Å². The van der Waals surface area contributed by atoms with E-state index in [1.165, 1.54) is 4.90 Å². The molecule has 0 saturated carbocycles. The van der Waals surface area contributed by atoms with Crippen LogP contribution in [0.5, 0.6) is 0 Å². The second kappa shape index (κ2) is 5.31. The number of thiocarbonyl (C=S) groups is 1. The van der Waals surface area contributed by atoms with Crippen LogP contribution >= 0.6 is 12.2 Å². The highest BCUT2D eigenvalue weighted by molar-refractivity contribution is 7.80. The van der Waals surface area contributed by atoms with Crippen molar-refractivity contribution in [2.45, 2.75) is 6.42 Å². The van der Waals surface area contributed by atoms with Crippen molar-refractivity contribution in [1.82, 2.24) is 0 Å². The predicted octanol–water partition coefficient (Wildman–Crippen LogP) is 1.25. The number of rotatable bonds is 4. The van der Waals surface area contributed by atoms with E-state index in [0.29, 0.717) is 18.0 Å². The molecule has 0 radical (unpaired) electrons.